The van der Waals surface area contributed by atoms with Crippen molar-refractivity contribution in [3.8, 4) is 0 Å². The molecule has 60 heavy (non-hydrogen) atoms. The number of unbranched alkanes of at least 4 members (excludes halogenated alkanes) is 20. The molecule has 1 rings (SSSR count). The summed E-state index contributed by atoms with van der Waals surface area (Å²) in [6.45, 7) is 2.88. The number of carbonyl (C=O) groups is 3. The lowest BCUT2D eigenvalue weighted by atomic mass is 9.85. The van der Waals surface area contributed by atoms with Gasteiger partial charge in [-0.05, 0) is 25.7 Å². The monoisotopic (exact) mass is 904 g/mol. The van der Waals surface area contributed by atoms with Gasteiger partial charge in [0.25, 0.3) is 0 Å². The number of aliphatic hydroxyl groups excluding tert-OH is 4. The molecule has 0 heterocycles. The summed E-state index contributed by atoms with van der Waals surface area (Å²) < 4.78 is 49.0. The molecule has 0 radical (unpaired) electrons. The highest BCUT2D eigenvalue weighted by molar-refractivity contribution is 7.47. The quantitative estimate of drug-likeness (QED) is 0.0186. The first kappa shape index (κ1) is 56.7. The van der Waals surface area contributed by atoms with E-state index in [0.29, 0.717) is 31.5 Å². The molecule has 19 heteroatoms. The number of hydrogen-bond donors (Lipinski definition) is 7. The molecule has 0 saturated heterocycles. The highest BCUT2D eigenvalue weighted by Crippen LogP contribution is 2.48. The van der Waals surface area contributed by atoms with Crippen LogP contribution in [-0.2, 0) is 46.6 Å². The Balaban J connectivity index is 2.59. The number of aliphatic hydroxyl groups is 4. The summed E-state index contributed by atoms with van der Waals surface area (Å²) in [7, 11) is -10.6. The zero-order valence-corrected chi connectivity index (χ0v) is 37.9. The molecule has 4 unspecified atom stereocenters. The molecular weight excluding hydrogens is 826 g/mol. The Morgan fingerprint density at radius 1 is 0.483 bits per heavy atom. The predicted octanol–water partition coefficient (Wildman–Crippen LogP) is 7.02. The van der Waals surface area contributed by atoms with E-state index in [-0.39, 0.29) is 12.8 Å². The Bertz CT molecular complexity index is 1230. The molecule has 1 fully saturated rings. The average molecular weight is 905 g/mol. The third kappa shape index (κ3) is 27.7. The fraction of sp³-hybridized carbons (Fsp3) is 0.927. The summed E-state index contributed by atoms with van der Waals surface area (Å²) >= 11 is 0. The van der Waals surface area contributed by atoms with Crippen molar-refractivity contribution >= 4 is 33.4 Å². The third-order valence-electron chi connectivity index (χ3n) is 10.6. The van der Waals surface area contributed by atoms with Gasteiger partial charge in [-0.15, -0.1) is 0 Å². The van der Waals surface area contributed by atoms with Crippen LogP contribution in [0.15, 0.2) is 0 Å². The van der Waals surface area contributed by atoms with Crippen LogP contribution in [0.3, 0.4) is 0 Å². The van der Waals surface area contributed by atoms with E-state index in [0.717, 1.165) is 83.5 Å². The van der Waals surface area contributed by atoms with Crippen LogP contribution in [0.1, 0.15) is 187 Å². The molecule has 0 aromatic rings. The van der Waals surface area contributed by atoms with Crippen molar-refractivity contribution in [2.24, 2.45) is 0 Å². The Morgan fingerprint density at radius 3 is 1.28 bits per heavy atom. The smallest absolute Gasteiger partial charge is 0.462 e. The van der Waals surface area contributed by atoms with Crippen LogP contribution in [0.25, 0.3) is 0 Å². The molecule has 17 nitrogen and oxygen atoms in total. The maximum atomic E-state index is 12.9. The summed E-state index contributed by atoms with van der Waals surface area (Å²) in [6, 6.07) is 0. The van der Waals surface area contributed by atoms with Gasteiger partial charge in [-0.2, -0.15) is 0 Å². The Morgan fingerprint density at radius 2 is 0.867 bits per heavy atom. The molecule has 0 bridgehead atoms. The number of hydrogen-bond acceptors (Lipinski definition) is 14. The summed E-state index contributed by atoms with van der Waals surface area (Å²) in [4.78, 5) is 65.5. The summed E-state index contributed by atoms with van der Waals surface area (Å²) in [5, 5.41) is 41.4. The maximum Gasteiger partial charge on any atom is 0.472 e. The third-order valence-corrected chi connectivity index (χ3v) is 12.1. The standard InChI is InChI=1S/C41H78O17P2/c1-3-5-6-7-8-9-10-11-12-15-19-22-25-29-35(44)56-33(30-54-34(43)28-24-21-18-16-13-14-17-20-23-27-32(42)26-4-2)31-55-60(52,53)58-41-38(47)36(45)40(37(46)39(41)48)57-59(49,50)51/h33,36-41,45-48H,3-31H2,1-2H3,(H,52,53)(H2,49,50,51)/t33-,36-,37+,38?,39-,40?,41?/m1/s1. The zero-order valence-electron chi connectivity index (χ0n) is 36.2. The molecule has 0 spiro atoms. The first-order valence-corrected chi connectivity index (χ1v) is 25.5. The Kier molecular flexibility index (Phi) is 31.4. The van der Waals surface area contributed by atoms with E-state index in [1.54, 1.807) is 0 Å². The van der Waals surface area contributed by atoms with Crippen molar-refractivity contribution in [3.63, 3.8) is 0 Å². The van der Waals surface area contributed by atoms with Crippen molar-refractivity contribution in [2.75, 3.05) is 13.2 Å². The van der Waals surface area contributed by atoms with E-state index in [2.05, 4.69) is 11.4 Å². The van der Waals surface area contributed by atoms with Crippen LogP contribution in [0.5, 0.6) is 0 Å². The van der Waals surface area contributed by atoms with Crippen molar-refractivity contribution < 1.29 is 81.7 Å². The molecule has 0 aromatic heterocycles. The molecule has 0 aromatic carbocycles. The largest absolute Gasteiger partial charge is 0.472 e. The molecule has 0 amide bonds. The lowest BCUT2D eigenvalue weighted by Crippen LogP contribution is -2.64. The number of phosphoric acid groups is 2. The van der Waals surface area contributed by atoms with Crippen molar-refractivity contribution in [2.45, 2.75) is 230 Å². The van der Waals surface area contributed by atoms with Gasteiger partial charge in [0.15, 0.2) is 6.10 Å². The number of esters is 2. The lowest BCUT2D eigenvalue weighted by Gasteiger charge is -2.43. The number of rotatable bonds is 38. The zero-order chi connectivity index (χ0) is 44.8. The first-order chi connectivity index (χ1) is 28.5. The number of carbonyl (C=O) groups excluding carboxylic acids is 3. The van der Waals surface area contributed by atoms with Gasteiger partial charge < -0.3 is 44.6 Å². The first-order valence-electron chi connectivity index (χ1n) is 22.5. The maximum absolute atomic E-state index is 12.9. The molecule has 1 aliphatic rings. The predicted molar refractivity (Wildman–Crippen MR) is 223 cm³/mol. The van der Waals surface area contributed by atoms with E-state index in [9.17, 15) is 48.8 Å². The molecule has 1 saturated carbocycles. The van der Waals surface area contributed by atoms with Gasteiger partial charge in [-0.1, -0.05) is 136 Å². The molecule has 0 aliphatic heterocycles. The van der Waals surface area contributed by atoms with Crippen LogP contribution in [0.4, 0.5) is 0 Å². The van der Waals surface area contributed by atoms with Crippen LogP contribution in [0, 0.1) is 0 Å². The van der Waals surface area contributed by atoms with Gasteiger partial charge in [0.2, 0.25) is 0 Å². The Labute approximate surface area is 357 Å². The summed E-state index contributed by atoms with van der Waals surface area (Å²) in [6.07, 6.45) is 10.7. The van der Waals surface area contributed by atoms with Gasteiger partial charge in [-0.25, -0.2) is 9.13 Å². The van der Waals surface area contributed by atoms with Crippen LogP contribution in [0.2, 0.25) is 0 Å². The molecule has 8 atom stereocenters. The van der Waals surface area contributed by atoms with Gasteiger partial charge in [0.05, 0.1) is 6.61 Å². The van der Waals surface area contributed by atoms with E-state index < -0.39 is 83.5 Å². The van der Waals surface area contributed by atoms with E-state index in [1.807, 2.05) is 6.92 Å². The minimum Gasteiger partial charge on any atom is -0.462 e. The highest BCUT2D eigenvalue weighted by Gasteiger charge is 2.54. The summed E-state index contributed by atoms with van der Waals surface area (Å²) in [5.74, 6) is -0.888. The molecule has 1 aliphatic carbocycles. The van der Waals surface area contributed by atoms with Gasteiger partial charge in [0.1, 0.15) is 49.0 Å². The molecule has 354 valence electrons. The number of phosphoric ester groups is 2. The van der Waals surface area contributed by atoms with E-state index in [1.165, 1.54) is 51.4 Å². The second-order valence-electron chi connectivity index (χ2n) is 16.1. The highest BCUT2D eigenvalue weighted by atomic mass is 31.2. The summed E-state index contributed by atoms with van der Waals surface area (Å²) in [5.41, 5.74) is 0. The van der Waals surface area contributed by atoms with Gasteiger partial charge in [0, 0.05) is 25.7 Å². The van der Waals surface area contributed by atoms with Gasteiger partial charge in [-0.3, -0.25) is 28.0 Å². The van der Waals surface area contributed by atoms with Gasteiger partial charge >= 0.3 is 27.6 Å². The second-order valence-corrected chi connectivity index (χ2v) is 18.7. The average Bonchev–Trinajstić information content (AvgIpc) is 3.19. The number of ketones is 1. The van der Waals surface area contributed by atoms with E-state index >= 15 is 0 Å². The SMILES string of the molecule is CCCCCCCCCCCCCCCC(=O)O[C@H](COC(=O)CCCCCCCCCCCC(=O)CCC)COP(=O)(O)OC1C(O)[C@@H](O)C(OP(=O)(O)O)[C@@H](O)[C@H]1O. The number of Topliss-reactive ketones (excluding diaryl/α,β-unsaturated/α-hetero) is 1. The molecular formula is C41H78O17P2. The Hall–Kier alpha value is -1.33. The normalized spacial score (nSPS) is 22.3. The second kappa shape index (κ2) is 33.2. The lowest BCUT2D eigenvalue weighted by molar-refractivity contribution is -0.216. The minimum atomic E-state index is -5.31. The fourth-order valence-corrected chi connectivity index (χ4v) is 8.63. The van der Waals surface area contributed by atoms with Crippen molar-refractivity contribution in [1.29, 1.82) is 0 Å². The fourth-order valence-electron chi connectivity index (χ4n) is 7.09. The number of ether oxygens (including phenoxy) is 2. The van der Waals surface area contributed by atoms with E-state index in [4.69, 9.17) is 28.3 Å². The topological polar surface area (TPSA) is 273 Å². The minimum absolute atomic E-state index is 0.0439. The van der Waals surface area contributed by atoms with Crippen LogP contribution < -0.4 is 0 Å². The van der Waals surface area contributed by atoms with Crippen molar-refractivity contribution in [1.82, 2.24) is 0 Å². The van der Waals surface area contributed by atoms with Crippen LogP contribution >= 0.6 is 15.6 Å². The van der Waals surface area contributed by atoms with Crippen molar-refractivity contribution in [3.05, 3.63) is 0 Å². The van der Waals surface area contributed by atoms with Crippen LogP contribution in [-0.4, -0.2) is 109 Å². The molecule has 7 N–H and O–H groups in total.